The molecule has 0 atom stereocenters. The normalized spacial score (nSPS) is 15.0. The molecule has 3 rings (SSSR count). The van der Waals surface area contributed by atoms with Gasteiger partial charge in [-0.15, -0.1) is 5.10 Å². The highest BCUT2D eigenvalue weighted by Crippen LogP contribution is 2.15. The van der Waals surface area contributed by atoms with Crippen LogP contribution in [0, 0.1) is 0 Å². The third-order valence-corrected chi connectivity index (χ3v) is 10.1. The van der Waals surface area contributed by atoms with E-state index < -0.39 is 55.7 Å². The van der Waals surface area contributed by atoms with Crippen molar-refractivity contribution in [3.8, 4) is 0 Å². The fourth-order valence-electron chi connectivity index (χ4n) is 6.39. The first-order chi connectivity index (χ1) is 31.5. The molecule has 2 aromatic rings. The number of ketones is 1. The zero-order valence-electron chi connectivity index (χ0n) is 38.9. The second-order valence-electron chi connectivity index (χ2n) is 15.5. The Morgan fingerprint density at radius 3 is 1.80 bits per heavy atom. The highest BCUT2D eigenvalue weighted by Gasteiger charge is 2.29. The molecule has 0 fully saturated rings. The van der Waals surface area contributed by atoms with Gasteiger partial charge in [-0.05, 0) is 29.7 Å². The SMILES string of the molecule is C=C1/C=C\C(C(=O)Cn2cc(CN(CC(=O)N(CCOC)CC(N)=O)C(=O)CN(Cc3ccccc3)C(=O)CN(CCOC)C(=O)CN(CCOC)C(C)=O)nn2)=C/C/C=C\C(N(C)C)=C/1. The first-order valence-corrected chi connectivity index (χ1v) is 21.3. The van der Waals surface area contributed by atoms with Gasteiger partial charge in [0.15, 0.2) is 5.78 Å². The topological polar surface area (TPSA) is 223 Å². The quantitative estimate of drug-likeness (QED) is 0.130. The molecule has 1 aliphatic carbocycles. The number of ether oxygens (including phenoxy) is 3. The molecular formula is C46H64N10O10. The Labute approximate surface area is 386 Å². The predicted molar refractivity (Wildman–Crippen MR) is 244 cm³/mol. The molecule has 6 amide bonds. The third-order valence-electron chi connectivity index (χ3n) is 10.1. The minimum Gasteiger partial charge on any atom is -0.383 e. The summed E-state index contributed by atoms with van der Waals surface area (Å²) in [5, 5.41) is 8.35. The van der Waals surface area contributed by atoms with Crippen molar-refractivity contribution in [2.75, 3.05) is 108 Å². The number of carbonyl (C=O) groups is 7. The molecule has 66 heavy (non-hydrogen) atoms. The number of likely N-dealkylation sites (N-methyl/N-ethyl adjacent to an activating group) is 1. The fraction of sp³-hybridized carbons (Fsp3) is 0.457. The van der Waals surface area contributed by atoms with Crippen molar-refractivity contribution in [2.24, 2.45) is 5.73 Å². The van der Waals surface area contributed by atoms with E-state index in [0.29, 0.717) is 23.1 Å². The predicted octanol–water partition coefficient (Wildman–Crippen LogP) is 0.579. The molecule has 1 aromatic heterocycles. The minimum absolute atomic E-state index is 0.00435. The second kappa shape index (κ2) is 28.2. The van der Waals surface area contributed by atoms with Crippen LogP contribution < -0.4 is 5.73 Å². The summed E-state index contributed by atoms with van der Waals surface area (Å²) in [6.45, 7) is 3.04. The number of nitrogens with zero attached hydrogens (tertiary/aromatic N) is 9. The van der Waals surface area contributed by atoms with E-state index in [1.807, 2.05) is 37.2 Å². The maximum atomic E-state index is 14.5. The van der Waals surface area contributed by atoms with Crippen LogP contribution >= 0.6 is 0 Å². The van der Waals surface area contributed by atoms with E-state index >= 15 is 0 Å². The molecule has 358 valence electrons. The number of benzene rings is 1. The number of hydrogen-bond acceptors (Lipinski definition) is 13. The molecule has 1 heterocycles. The van der Waals surface area contributed by atoms with E-state index in [4.69, 9.17) is 19.9 Å². The number of amides is 6. The molecule has 0 bridgehead atoms. The number of allylic oxidation sites excluding steroid dienone is 8. The fourth-order valence-corrected chi connectivity index (χ4v) is 6.39. The van der Waals surface area contributed by atoms with Crippen molar-refractivity contribution < 1.29 is 47.8 Å². The molecule has 0 aliphatic heterocycles. The van der Waals surface area contributed by atoms with Crippen LogP contribution in [0.2, 0.25) is 0 Å². The van der Waals surface area contributed by atoms with Gasteiger partial charge in [0.1, 0.15) is 25.3 Å². The average molecular weight is 917 g/mol. The first-order valence-electron chi connectivity index (χ1n) is 21.3. The number of rotatable bonds is 27. The lowest BCUT2D eigenvalue weighted by atomic mass is 10.1. The van der Waals surface area contributed by atoms with Gasteiger partial charge < -0.3 is 49.3 Å². The maximum absolute atomic E-state index is 14.5. The Bertz CT molecular complexity index is 2110. The summed E-state index contributed by atoms with van der Waals surface area (Å²) in [6.07, 6.45) is 13.0. The summed E-state index contributed by atoms with van der Waals surface area (Å²) in [5.74, 6) is -3.85. The molecule has 1 aliphatic rings. The van der Waals surface area contributed by atoms with Gasteiger partial charge in [0.2, 0.25) is 35.4 Å². The summed E-state index contributed by atoms with van der Waals surface area (Å²) in [6, 6.07) is 8.89. The Morgan fingerprint density at radius 2 is 1.24 bits per heavy atom. The summed E-state index contributed by atoms with van der Waals surface area (Å²) < 4.78 is 16.8. The molecule has 0 saturated heterocycles. The molecule has 20 heteroatoms. The van der Waals surface area contributed by atoms with Crippen LogP contribution in [0.5, 0.6) is 0 Å². The number of carbonyl (C=O) groups excluding carboxylic acids is 7. The molecule has 20 nitrogen and oxygen atoms in total. The van der Waals surface area contributed by atoms with Gasteiger partial charge in [0, 0.05) is 79.8 Å². The summed E-state index contributed by atoms with van der Waals surface area (Å²) >= 11 is 0. The third kappa shape index (κ3) is 18.8. The molecule has 0 saturated carbocycles. The van der Waals surface area contributed by atoms with Gasteiger partial charge in [0.25, 0.3) is 0 Å². The standard InChI is InChI=1S/C46H64N10O10/c1-35-17-18-38(15-11-12-16-40(25-35)50(3)4)41(58)29-56-28-39(48-49-56)27-55(33-44(61)52(20-23-65-6)30-42(47)59)46(63)34-54(26-37-13-9-8-10-14-37)45(62)32-53(21-24-66-7)43(60)31-51(36(2)57)19-22-64-5/h8-10,12-18,25,28H,1,11,19-24,26-27,29-34H2,2-7H3,(H2,47,59)/b16-12-,18-17-,38-15+,40-25+. The van der Waals surface area contributed by atoms with Crippen LogP contribution in [0.3, 0.4) is 0 Å². The first kappa shape index (κ1) is 53.6. The highest BCUT2D eigenvalue weighted by molar-refractivity contribution is 5.98. The number of primary amides is 1. The largest absolute Gasteiger partial charge is 0.383 e. The summed E-state index contributed by atoms with van der Waals surface area (Å²) in [7, 11) is 8.20. The van der Waals surface area contributed by atoms with Crippen LogP contribution in [0.15, 0.2) is 96.4 Å². The van der Waals surface area contributed by atoms with Crippen LogP contribution in [-0.4, -0.2) is 193 Å². The monoisotopic (exact) mass is 916 g/mol. The van der Waals surface area contributed by atoms with Gasteiger partial charge >= 0.3 is 0 Å². The molecule has 0 unspecified atom stereocenters. The highest BCUT2D eigenvalue weighted by atomic mass is 16.5. The van der Waals surface area contributed by atoms with Crippen molar-refractivity contribution in [2.45, 2.75) is 33.0 Å². The van der Waals surface area contributed by atoms with E-state index in [-0.39, 0.29) is 83.0 Å². The Morgan fingerprint density at radius 1 is 0.712 bits per heavy atom. The number of methoxy groups -OCH3 is 3. The Balaban J connectivity index is 1.94. The van der Waals surface area contributed by atoms with Gasteiger partial charge in [-0.1, -0.05) is 66.4 Å². The zero-order valence-corrected chi connectivity index (χ0v) is 38.9. The van der Waals surface area contributed by atoms with Crippen LogP contribution in [-0.2, 0) is 67.4 Å². The van der Waals surface area contributed by atoms with Crippen molar-refractivity contribution in [3.63, 3.8) is 0 Å². The van der Waals surface area contributed by atoms with Crippen molar-refractivity contribution in [1.29, 1.82) is 0 Å². The maximum Gasteiger partial charge on any atom is 0.243 e. The van der Waals surface area contributed by atoms with Crippen LogP contribution in [0.4, 0.5) is 0 Å². The molecule has 0 spiro atoms. The second-order valence-corrected chi connectivity index (χ2v) is 15.5. The lowest BCUT2D eigenvalue weighted by Gasteiger charge is -2.31. The van der Waals surface area contributed by atoms with E-state index in [1.54, 1.807) is 48.6 Å². The van der Waals surface area contributed by atoms with E-state index in [9.17, 15) is 33.6 Å². The smallest absolute Gasteiger partial charge is 0.243 e. The van der Waals surface area contributed by atoms with Gasteiger partial charge in [-0.25, -0.2) is 4.68 Å². The molecule has 1 aromatic carbocycles. The molecule has 2 N–H and O–H groups in total. The number of Topliss-reactive ketones (excluding diaryl/α,β-unsaturated/α-hetero) is 1. The lowest BCUT2D eigenvalue weighted by molar-refractivity contribution is -0.148. The number of hydrogen-bond donors (Lipinski definition) is 1. The van der Waals surface area contributed by atoms with Crippen molar-refractivity contribution >= 4 is 41.2 Å². The zero-order chi connectivity index (χ0) is 48.6. The van der Waals surface area contributed by atoms with E-state index in [2.05, 4.69) is 16.9 Å². The Hall–Kier alpha value is -6.77. The van der Waals surface area contributed by atoms with E-state index in [1.165, 1.54) is 58.7 Å². The minimum atomic E-state index is -0.780. The molecular weight excluding hydrogens is 853 g/mol. The Kier molecular flexibility index (Phi) is 22.9. The number of aromatic nitrogens is 3. The summed E-state index contributed by atoms with van der Waals surface area (Å²) in [4.78, 5) is 102. The lowest BCUT2D eigenvalue weighted by Crippen LogP contribution is -2.51. The van der Waals surface area contributed by atoms with Crippen LogP contribution in [0.1, 0.15) is 24.6 Å². The van der Waals surface area contributed by atoms with Gasteiger partial charge in [-0.3, -0.25) is 33.6 Å². The average Bonchev–Trinajstić information content (AvgIpc) is 3.72. The summed E-state index contributed by atoms with van der Waals surface area (Å²) in [5.41, 5.74) is 8.44. The van der Waals surface area contributed by atoms with Gasteiger partial charge in [-0.2, -0.15) is 0 Å². The molecule has 0 radical (unpaired) electrons. The number of nitrogens with two attached hydrogens (primary N) is 1. The van der Waals surface area contributed by atoms with E-state index in [0.717, 1.165) is 10.6 Å². The van der Waals surface area contributed by atoms with Crippen molar-refractivity contribution in [1.82, 2.24) is 44.4 Å². The van der Waals surface area contributed by atoms with Crippen molar-refractivity contribution in [3.05, 3.63) is 108 Å². The van der Waals surface area contributed by atoms with Gasteiger partial charge in [0.05, 0.1) is 52.2 Å². The van der Waals surface area contributed by atoms with Crippen LogP contribution in [0.25, 0.3) is 0 Å².